The first-order chi connectivity index (χ1) is 13.0. The Hall–Kier alpha value is -2.62. The van der Waals surface area contributed by atoms with E-state index >= 15 is 0 Å². The molecule has 3 rings (SSSR count). The van der Waals surface area contributed by atoms with Gasteiger partial charge in [-0.1, -0.05) is 54.1 Å². The van der Waals surface area contributed by atoms with Crippen LogP contribution in [0, 0.1) is 6.92 Å². The number of nitrogens with one attached hydrogen (secondary N) is 2. The molecule has 0 aliphatic rings. The van der Waals surface area contributed by atoms with E-state index in [1.807, 2.05) is 55.5 Å². The highest BCUT2D eigenvalue weighted by molar-refractivity contribution is 6.31. The molecule has 0 radical (unpaired) electrons. The van der Waals surface area contributed by atoms with Crippen molar-refractivity contribution >= 4 is 23.2 Å². The molecule has 0 fully saturated rings. The summed E-state index contributed by atoms with van der Waals surface area (Å²) < 4.78 is 0. The fraction of sp³-hybridized carbons (Fsp3) is 0.174. The van der Waals surface area contributed by atoms with Gasteiger partial charge in [0.15, 0.2) is 0 Å². The zero-order chi connectivity index (χ0) is 19.2. The van der Waals surface area contributed by atoms with Gasteiger partial charge in [-0.15, -0.1) is 0 Å². The lowest BCUT2D eigenvalue weighted by atomic mass is 10.1. The molecule has 27 heavy (non-hydrogen) atoms. The number of rotatable bonds is 6. The van der Waals surface area contributed by atoms with Gasteiger partial charge in [-0.25, -0.2) is 0 Å². The van der Waals surface area contributed by atoms with Gasteiger partial charge in [0, 0.05) is 28.9 Å². The molecule has 1 amide bonds. The fourth-order valence-electron chi connectivity index (χ4n) is 2.83. The van der Waals surface area contributed by atoms with Gasteiger partial charge < -0.3 is 10.6 Å². The minimum atomic E-state index is -0.131. The number of hydrogen-bond acceptors (Lipinski definition) is 2. The molecule has 0 saturated carbocycles. The van der Waals surface area contributed by atoms with Gasteiger partial charge in [-0.3, -0.25) is 4.79 Å². The van der Waals surface area contributed by atoms with Crippen molar-refractivity contribution in [2.24, 2.45) is 0 Å². The van der Waals surface area contributed by atoms with Crippen molar-refractivity contribution in [3.63, 3.8) is 0 Å². The molecule has 0 heterocycles. The summed E-state index contributed by atoms with van der Waals surface area (Å²) >= 11 is 6.02. The molecule has 1 atom stereocenters. The Morgan fingerprint density at radius 3 is 2.37 bits per heavy atom. The van der Waals surface area contributed by atoms with Gasteiger partial charge in [0.05, 0.1) is 0 Å². The van der Waals surface area contributed by atoms with Gasteiger partial charge in [0.25, 0.3) is 5.91 Å². The van der Waals surface area contributed by atoms with E-state index in [1.165, 1.54) is 5.56 Å². The van der Waals surface area contributed by atoms with Crippen molar-refractivity contribution in [1.82, 2.24) is 5.32 Å². The van der Waals surface area contributed by atoms with Crippen LogP contribution >= 0.6 is 11.6 Å². The number of hydrogen-bond donors (Lipinski definition) is 2. The predicted octanol–water partition coefficient (Wildman–Crippen LogP) is 5.75. The number of halogens is 1. The zero-order valence-corrected chi connectivity index (χ0v) is 16.3. The highest BCUT2D eigenvalue weighted by Gasteiger charge is 2.08. The normalized spacial score (nSPS) is 11.8. The Morgan fingerprint density at radius 1 is 1.00 bits per heavy atom. The molecule has 3 aromatic carbocycles. The molecule has 0 aliphatic carbocycles. The lowest BCUT2D eigenvalue weighted by Gasteiger charge is -2.14. The molecule has 0 bridgehead atoms. The van der Waals surface area contributed by atoms with Crippen LogP contribution < -0.4 is 10.6 Å². The SMILES string of the molecule is Cc1cc(NC(=O)c2ccc(CN[C@H](C)c3ccccc3)cc2)ccc1Cl. The highest BCUT2D eigenvalue weighted by atomic mass is 35.5. The first kappa shape index (κ1) is 19.2. The number of amides is 1. The van der Waals surface area contributed by atoms with E-state index in [1.54, 1.807) is 12.1 Å². The first-order valence-corrected chi connectivity index (χ1v) is 9.35. The third-order valence-corrected chi connectivity index (χ3v) is 4.97. The first-order valence-electron chi connectivity index (χ1n) is 8.97. The van der Waals surface area contributed by atoms with Crippen molar-refractivity contribution in [1.29, 1.82) is 0 Å². The fourth-order valence-corrected chi connectivity index (χ4v) is 2.95. The molecule has 0 spiro atoms. The minimum Gasteiger partial charge on any atom is -0.322 e. The zero-order valence-electron chi connectivity index (χ0n) is 15.5. The van der Waals surface area contributed by atoms with E-state index in [2.05, 4.69) is 29.7 Å². The summed E-state index contributed by atoms with van der Waals surface area (Å²) in [5.74, 6) is -0.131. The highest BCUT2D eigenvalue weighted by Crippen LogP contribution is 2.20. The van der Waals surface area contributed by atoms with Crippen LogP contribution in [0.25, 0.3) is 0 Å². The van der Waals surface area contributed by atoms with E-state index in [0.29, 0.717) is 10.6 Å². The van der Waals surface area contributed by atoms with Crippen LogP contribution in [0.2, 0.25) is 5.02 Å². The Labute approximate surface area is 165 Å². The lowest BCUT2D eigenvalue weighted by Crippen LogP contribution is -2.18. The van der Waals surface area contributed by atoms with Crippen LogP contribution in [0.3, 0.4) is 0 Å². The van der Waals surface area contributed by atoms with Crippen molar-refractivity contribution < 1.29 is 4.79 Å². The summed E-state index contributed by atoms with van der Waals surface area (Å²) in [4.78, 5) is 12.4. The summed E-state index contributed by atoms with van der Waals surface area (Å²) in [6.07, 6.45) is 0. The maximum atomic E-state index is 12.4. The molecule has 3 aromatic rings. The summed E-state index contributed by atoms with van der Waals surface area (Å²) in [5.41, 5.74) is 4.69. The van der Waals surface area contributed by atoms with E-state index in [9.17, 15) is 4.79 Å². The molecule has 0 aliphatic heterocycles. The van der Waals surface area contributed by atoms with Crippen LogP contribution in [0.5, 0.6) is 0 Å². The van der Waals surface area contributed by atoms with Crippen LogP contribution in [-0.4, -0.2) is 5.91 Å². The standard InChI is InChI=1S/C23H23ClN2O/c1-16-14-21(12-13-22(16)24)26-23(27)20-10-8-18(9-11-20)15-25-17(2)19-6-4-3-5-7-19/h3-14,17,25H,15H2,1-2H3,(H,26,27)/t17-/m1/s1. The second-order valence-electron chi connectivity index (χ2n) is 6.63. The molecule has 0 aromatic heterocycles. The quantitative estimate of drug-likeness (QED) is 0.573. The second kappa shape index (κ2) is 8.85. The van der Waals surface area contributed by atoms with Gasteiger partial charge in [0.1, 0.15) is 0 Å². The average Bonchev–Trinajstić information content (AvgIpc) is 2.70. The van der Waals surface area contributed by atoms with Crippen molar-refractivity contribution in [3.05, 3.63) is 100 Å². The Morgan fingerprint density at radius 2 is 1.70 bits per heavy atom. The van der Waals surface area contributed by atoms with Crippen molar-refractivity contribution in [2.45, 2.75) is 26.4 Å². The Bertz CT molecular complexity index is 907. The average molecular weight is 379 g/mol. The van der Waals surface area contributed by atoms with E-state index in [4.69, 9.17) is 11.6 Å². The number of benzene rings is 3. The summed E-state index contributed by atoms with van der Waals surface area (Å²) in [5, 5.41) is 7.10. The van der Waals surface area contributed by atoms with Crippen LogP contribution in [0.4, 0.5) is 5.69 Å². The van der Waals surface area contributed by atoms with Crippen molar-refractivity contribution in [3.8, 4) is 0 Å². The van der Waals surface area contributed by atoms with Gasteiger partial charge in [-0.05, 0) is 60.9 Å². The van der Waals surface area contributed by atoms with E-state index in [0.717, 1.165) is 23.4 Å². The van der Waals surface area contributed by atoms with Crippen LogP contribution in [-0.2, 0) is 6.54 Å². The molecular formula is C23H23ClN2O. The Kier molecular flexibility index (Phi) is 6.28. The Balaban J connectivity index is 1.57. The predicted molar refractivity (Wildman–Crippen MR) is 112 cm³/mol. The largest absolute Gasteiger partial charge is 0.322 e. The summed E-state index contributed by atoms with van der Waals surface area (Å²) in [6.45, 7) is 4.80. The topological polar surface area (TPSA) is 41.1 Å². The molecule has 0 saturated heterocycles. The lowest BCUT2D eigenvalue weighted by molar-refractivity contribution is 0.102. The number of aryl methyl sites for hydroxylation is 1. The monoisotopic (exact) mass is 378 g/mol. The third kappa shape index (κ3) is 5.19. The maximum Gasteiger partial charge on any atom is 0.255 e. The molecule has 138 valence electrons. The summed E-state index contributed by atoms with van der Waals surface area (Å²) in [6, 6.07) is 23.7. The summed E-state index contributed by atoms with van der Waals surface area (Å²) in [7, 11) is 0. The smallest absolute Gasteiger partial charge is 0.255 e. The van der Waals surface area contributed by atoms with Crippen molar-refractivity contribution in [2.75, 3.05) is 5.32 Å². The van der Waals surface area contributed by atoms with E-state index < -0.39 is 0 Å². The molecular weight excluding hydrogens is 356 g/mol. The van der Waals surface area contributed by atoms with Gasteiger partial charge in [-0.2, -0.15) is 0 Å². The minimum absolute atomic E-state index is 0.131. The molecule has 2 N–H and O–H groups in total. The van der Waals surface area contributed by atoms with Gasteiger partial charge >= 0.3 is 0 Å². The van der Waals surface area contributed by atoms with Gasteiger partial charge in [0.2, 0.25) is 0 Å². The van der Waals surface area contributed by atoms with E-state index in [-0.39, 0.29) is 11.9 Å². The van der Waals surface area contributed by atoms with Crippen LogP contribution in [0.15, 0.2) is 72.8 Å². The number of carbonyl (C=O) groups is 1. The molecule has 3 nitrogen and oxygen atoms in total. The molecule has 0 unspecified atom stereocenters. The third-order valence-electron chi connectivity index (χ3n) is 4.54. The van der Waals surface area contributed by atoms with Crippen LogP contribution in [0.1, 0.15) is 40.0 Å². The second-order valence-corrected chi connectivity index (χ2v) is 7.04. The number of carbonyl (C=O) groups excluding carboxylic acids is 1. The number of anilines is 1. The molecule has 4 heteroatoms. The maximum absolute atomic E-state index is 12.4.